The van der Waals surface area contributed by atoms with Crippen molar-refractivity contribution in [3.05, 3.63) is 76.5 Å². The zero-order valence-electron chi connectivity index (χ0n) is 39.1. The molecule has 0 saturated carbocycles. The van der Waals surface area contributed by atoms with Crippen molar-refractivity contribution >= 4 is 46.4 Å². The highest BCUT2D eigenvalue weighted by Gasteiger charge is 2.44. The number of carbonyl (C=O) groups excluding carboxylic acids is 4. The molecule has 7 rings (SSSR count). The van der Waals surface area contributed by atoms with Gasteiger partial charge in [0.25, 0.3) is 11.9 Å². The SMILES string of the molecule is C=CC(=O)N1CC[C@H]([N+](=O)N(C)[C@H](C(=O)N[C@H]2Cc3cc(O)cc(c3)-c3ccc4c(c3)c(c(C3=C([C@H](C)OC)N=CCC3)n4C)CC(C)(C)COC(=O)[C@@H]3CCCN(N3)C2=O)C(C)C)C1. The number of aliphatic imine (C=N–C) groups is 1. The van der Waals surface area contributed by atoms with E-state index in [0.29, 0.717) is 37.8 Å². The van der Waals surface area contributed by atoms with Crippen molar-refractivity contribution < 1.29 is 38.6 Å². The average Bonchev–Trinajstić information content (AvgIpc) is 3.88. The number of nitrogens with zero attached hydrogens (tertiary/aromatic N) is 6. The number of likely N-dealkylation sites (tertiary alicyclic amines) is 1. The van der Waals surface area contributed by atoms with E-state index in [0.717, 1.165) is 62.3 Å². The van der Waals surface area contributed by atoms with E-state index in [9.17, 15) is 29.2 Å². The normalized spacial score (nSPS) is 22.4. The topological polar surface area (TPSA) is 178 Å². The number of phenols is 1. The maximum absolute atomic E-state index is 14.7. The van der Waals surface area contributed by atoms with E-state index in [1.807, 2.05) is 39.1 Å². The van der Waals surface area contributed by atoms with Crippen LogP contribution in [0.25, 0.3) is 27.6 Å². The third-order valence-corrected chi connectivity index (χ3v) is 13.3. The smallest absolute Gasteiger partial charge is 0.324 e. The lowest BCUT2D eigenvalue weighted by atomic mass is 9.83. The molecule has 5 atom stereocenters. The van der Waals surface area contributed by atoms with Gasteiger partial charge in [0.05, 0.1) is 36.9 Å². The number of fused-ring (bicyclic) bond motifs is 6. The molecule has 65 heavy (non-hydrogen) atoms. The van der Waals surface area contributed by atoms with Gasteiger partial charge >= 0.3 is 5.97 Å². The summed E-state index contributed by atoms with van der Waals surface area (Å²) in [5, 5.41) is 18.0. The van der Waals surface area contributed by atoms with E-state index < -0.39 is 47.4 Å². The van der Waals surface area contributed by atoms with Crippen LogP contribution in [0.15, 0.2) is 59.7 Å². The van der Waals surface area contributed by atoms with Crippen LogP contribution in [0, 0.1) is 16.2 Å². The fourth-order valence-electron chi connectivity index (χ4n) is 9.93. The summed E-state index contributed by atoms with van der Waals surface area (Å²) in [5.41, 5.74) is 9.87. The Hall–Kier alpha value is -5.87. The van der Waals surface area contributed by atoms with E-state index in [1.54, 1.807) is 31.2 Å². The number of rotatable bonds is 10. The van der Waals surface area contributed by atoms with Gasteiger partial charge in [0.1, 0.15) is 22.7 Å². The lowest BCUT2D eigenvalue weighted by Crippen LogP contribution is -2.62. The molecule has 2 fully saturated rings. The quantitative estimate of drug-likeness (QED) is 0.106. The number of nitrogens with one attached hydrogen (secondary N) is 2. The van der Waals surface area contributed by atoms with Crippen molar-refractivity contribution in [1.29, 1.82) is 0 Å². The summed E-state index contributed by atoms with van der Waals surface area (Å²) in [6.45, 7) is 14.3. The number of aryl methyl sites for hydroxylation is 1. The summed E-state index contributed by atoms with van der Waals surface area (Å²) in [5.74, 6) is -2.14. The van der Waals surface area contributed by atoms with Crippen molar-refractivity contribution in [2.24, 2.45) is 23.4 Å². The fraction of sp³-hybridized carbons (Fsp3) is 0.531. The van der Waals surface area contributed by atoms with Crippen LogP contribution in [-0.4, -0.2) is 130 Å². The van der Waals surface area contributed by atoms with Crippen LogP contribution in [0.3, 0.4) is 0 Å². The lowest BCUT2D eigenvalue weighted by Gasteiger charge is -2.36. The number of methoxy groups -OCH3 is 1. The Kier molecular flexibility index (Phi) is 14.0. The molecule has 1 aromatic heterocycles. The maximum atomic E-state index is 14.7. The first-order valence-corrected chi connectivity index (χ1v) is 22.8. The number of nitroso groups, excluding NO2 is 1. The van der Waals surface area contributed by atoms with Crippen LogP contribution in [0.2, 0.25) is 0 Å². The molecule has 348 valence electrons. The number of carbonyl (C=O) groups is 4. The molecule has 0 unspecified atom stereocenters. The Labute approximate surface area is 381 Å². The third-order valence-electron chi connectivity index (χ3n) is 13.3. The summed E-state index contributed by atoms with van der Waals surface area (Å²) in [4.78, 5) is 76.3. The molecule has 2 aromatic carbocycles. The second-order valence-corrected chi connectivity index (χ2v) is 19.1. The number of hydrogen-bond donors (Lipinski definition) is 3. The minimum atomic E-state index is -1.17. The number of hydrazine groups is 2. The molecule has 5 heterocycles. The number of aromatic hydroxyl groups is 1. The molecule has 4 aliphatic rings. The van der Waals surface area contributed by atoms with Crippen LogP contribution in [0.1, 0.15) is 83.5 Å². The van der Waals surface area contributed by atoms with Gasteiger partial charge in [-0.3, -0.25) is 29.2 Å². The van der Waals surface area contributed by atoms with Gasteiger partial charge in [-0.15, -0.1) is 5.01 Å². The van der Waals surface area contributed by atoms with Gasteiger partial charge in [-0.05, 0) is 97.5 Å². The Morgan fingerprint density at radius 3 is 2.62 bits per heavy atom. The molecule has 0 radical (unpaired) electrons. The van der Waals surface area contributed by atoms with E-state index >= 15 is 0 Å². The van der Waals surface area contributed by atoms with Gasteiger partial charge in [-0.25, -0.2) is 5.43 Å². The number of amides is 3. The number of ether oxygens (including phenoxy) is 2. The van der Waals surface area contributed by atoms with Crippen molar-refractivity contribution in [2.75, 3.05) is 40.4 Å². The number of likely N-dealkylation sites (N-methyl/N-ethyl adjacent to an activating group) is 1. The first kappa shape index (κ1) is 47.1. The highest BCUT2D eigenvalue weighted by molar-refractivity contribution is 5.95. The first-order valence-electron chi connectivity index (χ1n) is 22.8. The summed E-state index contributed by atoms with van der Waals surface area (Å²) >= 11 is 0. The van der Waals surface area contributed by atoms with Crippen molar-refractivity contribution in [2.45, 2.75) is 110 Å². The third kappa shape index (κ3) is 9.88. The summed E-state index contributed by atoms with van der Waals surface area (Å²) in [6.07, 6.45) is 6.42. The van der Waals surface area contributed by atoms with Gasteiger partial charge in [0, 0.05) is 73.9 Å². The van der Waals surface area contributed by atoms with Crippen LogP contribution in [0.5, 0.6) is 5.75 Å². The molecule has 3 N–H and O–H groups in total. The number of phenolic OH excluding ortho intramolecular Hbond substituents is 1. The van der Waals surface area contributed by atoms with Gasteiger partial charge in [0.2, 0.25) is 11.8 Å². The van der Waals surface area contributed by atoms with Crippen molar-refractivity contribution in [3.8, 4) is 16.9 Å². The molecular formula is C49H65N8O8+. The highest BCUT2D eigenvalue weighted by Crippen LogP contribution is 2.41. The minimum absolute atomic E-state index is 0.00992. The molecular weight excluding hydrogens is 829 g/mol. The molecule has 4 aliphatic heterocycles. The molecule has 6 bridgehead atoms. The molecule has 3 aromatic rings. The van der Waals surface area contributed by atoms with Gasteiger partial charge in [-0.2, -0.15) is 0 Å². The summed E-state index contributed by atoms with van der Waals surface area (Å²) < 4.78 is 14.1. The highest BCUT2D eigenvalue weighted by atomic mass is 16.5. The molecule has 16 nitrogen and oxygen atoms in total. The van der Waals surface area contributed by atoms with E-state index in [4.69, 9.17) is 14.5 Å². The Bertz CT molecular complexity index is 2440. The van der Waals surface area contributed by atoms with E-state index in [1.165, 1.54) is 16.1 Å². The zero-order chi connectivity index (χ0) is 46.9. The summed E-state index contributed by atoms with van der Waals surface area (Å²) in [7, 11) is 5.29. The second kappa shape index (κ2) is 19.3. The monoisotopic (exact) mass is 893 g/mol. The zero-order valence-corrected chi connectivity index (χ0v) is 39.1. The van der Waals surface area contributed by atoms with Gasteiger partial charge in [0.15, 0.2) is 6.04 Å². The standard InChI is InChI=1S/C49H64N8O8/c1-10-42(59)55-20-17-34(27-55)57(63)54(8)44(29(2)3)46(60)51-40-23-31-21-33(24-35(58)22-31)32-15-16-41-37(25-32)38(45(53(41)7)36-13-11-18-50-43(36)30(4)64-9)26-49(5,6)28-65-48(62)39-14-12-19-56(52-39)47(40)61/h10,15-16,18,21-22,24-25,29-30,34,39-40,44,52H,1,11-14,17,19-20,23,26-28H2,2-9H3,(H-,51,58,60)/p+1/t30-,34-,39-,40-,44-/m0/s1. The summed E-state index contributed by atoms with van der Waals surface area (Å²) in [6, 6.07) is 7.88. The molecule has 16 heteroatoms. The Balaban J connectivity index is 1.29. The van der Waals surface area contributed by atoms with Crippen molar-refractivity contribution in [3.63, 3.8) is 0 Å². The predicted octanol–water partition coefficient (Wildman–Crippen LogP) is 5.25. The number of allylic oxidation sites excluding steroid dienone is 1. The number of aromatic nitrogens is 1. The second-order valence-electron chi connectivity index (χ2n) is 19.1. The average molecular weight is 894 g/mol. The molecule has 3 amide bonds. The van der Waals surface area contributed by atoms with E-state index in [-0.39, 0.29) is 49.8 Å². The molecule has 0 aliphatic carbocycles. The minimum Gasteiger partial charge on any atom is -0.508 e. The first-order chi connectivity index (χ1) is 30.9. The maximum Gasteiger partial charge on any atom is 0.324 e. The van der Waals surface area contributed by atoms with E-state index in [2.05, 4.69) is 54.9 Å². The lowest BCUT2D eigenvalue weighted by molar-refractivity contribution is -0.732. The van der Waals surface area contributed by atoms with Crippen LogP contribution >= 0.6 is 0 Å². The number of esters is 1. The van der Waals surface area contributed by atoms with Crippen LogP contribution in [0.4, 0.5) is 0 Å². The number of cyclic esters (lactones) is 1. The Morgan fingerprint density at radius 1 is 1.12 bits per heavy atom. The van der Waals surface area contributed by atoms with Crippen LogP contribution in [-0.2, 0) is 48.5 Å². The predicted molar refractivity (Wildman–Crippen MR) is 248 cm³/mol. The largest absolute Gasteiger partial charge is 0.508 e. The van der Waals surface area contributed by atoms with Gasteiger partial charge < -0.3 is 29.4 Å². The molecule has 2 saturated heterocycles. The van der Waals surface area contributed by atoms with Gasteiger partial charge in [-0.1, -0.05) is 46.4 Å². The van der Waals surface area contributed by atoms with Crippen molar-refractivity contribution in [1.82, 2.24) is 30.2 Å². The number of hydrogen-bond acceptors (Lipinski definition) is 10. The van der Waals surface area contributed by atoms with Crippen LogP contribution < -0.4 is 10.7 Å². The Morgan fingerprint density at radius 2 is 1.89 bits per heavy atom. The molecule has 0 spiro atoms. The number of benzene rings is 2. The fourth-order valence-corrected chi connectivity index (χ4v) is 9.93.